The molecule has 3 rings (SSSR count). The Kier molecular flexibility index (Phi) is 3.53. The monoisotopic (exact) mass is 302 g/mol. The van der Waals surface area contributed by atoms with Crippen LogP contribution in [0.2, 0.25) is 5.02 Å². The first-order valence-electron chi connectivity index (χ1n) is 6.72. The second-order valence-electron chi connectivity index (χ2n) is 4.73. The molecule has 0 fully saturated rings. The third kappa shape index (κ3) is 2.34. The molecular weight excluding hydrogens is 288 g/mol. The summed E-state index contributed by atoms with van der Waals surface area (Å²) < 4.78 is 3.40. The molecule has 0 spiro atoms. The summed E-state index contributed by atoms with van der Waals surface area (Å²) in [6, 6.07) is 10.8. The fraction of sp³-hybridized carbons (Fsp3) is 0.200. The molecule has 0 aliphatic heterocycles. The summed E-state index contributed by atoms with van der Waals surface area (Å²) in [6.45, 7) is 3.06. The summed E-state index contributed by atoms with van der Waals surface area (Å²) in [7, 11) is 0. The average molecular weight is 303 g/mol. The lowest BCUT2D eigenvalue weighted by atomic mass is 10.1. The van der Waals surface area contributed by atoms with Crippen molar-refractivity contribution in [2.45, 2.75) is 20.0 Å². The second-order valence-corrected chi connectivity index (χ2v) is 5.17. The predicted molar refractivity (Wildman–Crippen MR) is 83.5 cm³/mol. The highest BCUT2D eigenvalue weighted by Crippen LogP contribution is 2.21. The van der Waals surface area contributed by atoms with Gasteiger partial charge in [0.05, 0.1) is 5.69 Å². The van der Waals surface area contributed by atoms with E-state index >= 15 is 0 Å². The van der Waals surface area contributed by atoms with Crippen LogP contribution in [0, 0.1) is 0 Å². The number of hydrogen-bond acceptors (Lipinski definition) is 3. The van der Waals surface area contributed by atoms with Crippen molar-refractivity contribution in [2.24, 2.45) is 5.73 Å². The van der Waals surface area contributed by atoms with Gasteiger partial charge in [-0.15, -0.1) is 0 Å². The van der Waals surface area contributed by atoms with Crippen LogP contribution in [0.25, 0.3) is 16.9 Å². The van der Waals surface area contributed by atoms with E-state index in [9.17, 15) is 4.79 Å². The van der Waals surface area contributed by atoms with Crippen LogP contribution >= 0.6 is 11.6 Å². The highest BCUT2D eigenvalue weighted by Gasteiger charge is 2.11. The van der Waals surface area contributed by atoms with Crippen LogP contribution < -0.4 is 11.3 Å². The largest absolute Gasteiger partial charge is 0.329 e. The van der Waals surface area contributed by atoms with Crippen LogP contribution in [0.1, 0.15) is 12.6 Å². The number of benzene rings is 1. The Labute approximate surface area is 126 Å². The fourth-order valence-electron chi connectivity index (χ4n) is 2.45. The maximum atomic E-state index is 12.1. The molecule has 0 saturated heterocycles. The Morgan fingerprint density at radius 2 is 1.95 bits per heavy atom. The molecule has 108 valence electrons. The first-order chi connectivity index (χ1) is 10.1. The molecule has 0 saturated carbocycles. The zero-order valence-corrected chi connectivity index (χ0v) is 12.3. The van der Waals surface area contributed by atoms with Gasteiger partial charge in [-0.2, -0.15) is 9.61 Å². The minimum atomic E-state index is -0.171. The normalized spacial score (nSPS) is 11.2. The number of hydrogen-bond donors (Lipinski definition) is 1. The summed E-state index contributed by atoms with van der Waals surface area (Å²) in [4.78, 5) is 12.1. The van der Waals surface area contributed by atoms with Crippen LogP contribution in [0.3, 0.4) is 0 Å². The number of aryl methyl sites for hydroxylation is 1. The lowest BCUT2D eigenvalue weighted by Gasteiger charge is -2.10. The topological polar surface area (TPSA) is 65.3 Å². The Morgan fingerprint density at radius 3 is 2.57 bits per heavy atom. The van der Waals surface area contributed by atoms with Crippen molar-refractivity contribution in [1.82, 2.24) is 14.2 Å². The molecule has 21 heavy (non-hydrogen) atoms. The summed E-state index contributed by atoms with van der Waals surface area (Å²) >= 11 is 5.90. The lowest BCUT2D eigenvalue weighted by Crippen LogP contribution is -2.22. The van der Waals surface area contributed by atoms with Gasteiger partial charge >= 0.3 is 0 Å². The molecule has 1 aromatic carbocycles. The summed E-state index contributed by atoms with van der Waals surface area (Å²) in [5.74, 6) is 0. The summed E-state index contributed by atoms with van der Waals surface area (Å²) in [6.07, 6.45) is 0. The predicted octanol–water partition coefficient (Wildman–Crippen LogP) is 2.29. The standard InChI is InChI=1S/C15H15ClN4O/c1-2-19-12(9-17)7-15(21)20-14(19)8-13(18-20)10-3-5-11(16)6-4-10/h3-8H,2,9,17H2,1H3. The molecule has 0 atom stereocenters. The van der Waals surface area contributed by atoms with Crippen LogP contribution in [-0.2, 0) is 13.1 Å². The Morgan fingerprint density at radius 1 is 1.24 bits per heavy atom. The second kappa shape index (κ2) is 5.35. The molecule has 0 bridgehead atoms. The first-order valence-corrected chi connectivity index (χ1v) is 7.10. The van der Waals surface area contributed by atoms with E-state index in [-0.39, 0.29) is 5.56 Å². The third-order valence-electron chi connectivity index (χ3n) is 3.48. The molecule has 0 aliphatic carbocycles. The maximum absolute atomic E-state index is 12.1. The van der Waals surface area contributed by atoms with E-state index in [1.54, 1.807) is 12.1 Å². The first kappa shape index (κ1) is 13.9. The quantitative estimate of drug-likeness (QED) is 0.807. The molecule has 0 amide bonds. The Bertz CT molecular complexity index is 848. The molecule has 2 N–H and O–H groups in total. The molecule has 0 aliphatic rings. The van der Waals surface area contributed by atoms with Gasteiger partial charge in [0.25, 0.3) is 5.56 Å². The minimum Gasteiger partial charge on any atom is -0.329 e. The maximum Gasteiger partial charge on any atom is 0.274 e. The van der Waals surface area contributed by atoms with E-state index in [1.165, 1.54) is 10.6 Å². The van der Waals surface area contributed by atoms with E-state index in [4.69, 9.17) is 17.3 Å². The van der Waals surface area contributed by atoms with Gasteiger partial charge in [0.15, 0.2) is 0 Å². The highest BCUT2D eigenvalue weighted by atomic mass is 35.5. The van der Waals surface area contributed by atoms with Crippen molar-refractivity contribution in [2.75, 3.05) is 0 Å². The summed E-state index contributed by atoms with van der Waals surface area (Å²) in [5, 5.41) is 5.06. The fourth-order valence-corrected chi connectivity index (χ4v) is 2.58. The smallest absolute Gasteiger partial charge is 0.274 e. The van der Waals surface area contributed by atoms with Gasteiger partial charge in [0.2, 0.25) is 0 Å². The number of rotatable bonds is 3. The van der Waals surface area contributed by atoms with E-state index in [2.05, 4.69) is 5.10 Å². The van der Waals surface area contributed by atoms with E-state index in [0.29, 0.717) is 11.6 Å². The molecule has 0 radical (unpaired) electrons. The lowest BCUT2D eigenvalue weighted by molar-refractivity contribution is 0.690. The van der Waals surface area contributed by atoms with Crippen LogP contribution in [-0.4, -0.2) is 14.2 Å². The van der Waals surface area contributed by atoms with Gasteiger partial charge in [0.1, 0.15) is 5.65 Å². The van der Waals surface area contributed by atoms with Crippen molar-refractivity contribution < 1.29 is 0 Å². The highest BCUT2D eigenvalue weighted by molar-refractivity contribution is 6.30. The number of aromatic nitrogens is 3. The zero-order chi connectivity index (χ0) is 15.0. The summed E-state index contributed by atoms with van der Waals surface area (Å²) in [5.41, 5.74) is 8.75. The molecule has 2 aromatic heterocycles. The van der Waals surface area contributed by atoms with Crippen molar-refractivity contribution in [1.29, 1.82) is 0 Å². The van der Waals surface area contributed by atoms with Crippen molar-refractivity contribution in [3.8, 4) is 11.3 Å². The third-order valence-corrected chi connectivity index (χ3v) is 3.73. The van der Waals surface area contributed by atoms with Gasteiger partial charge in [0, 0.05) is 41.5 Å². The van der Waals surface area contributed by atoms with Crippen LogP contribution in [0.15, 0.2) is 41.2 Å². The van der Waals surface area contributed by atoms with E-state index in [1.807, 2.05) is 29.7 Å². The Balaban J connectivity index is 2.26. The number of halogens is 1. The van der Waals surface area contributed by atoms with E-state index in [0.717, 1.165) is 29.1 Å². The van der Waals surface area contributed by atoms with Crippen LogP contribution in [0.4, 0.5) is 0 Å². The molecule has 5 nitrogen and oxygen atoms in total. The molecular formula is C15H15ClN4O. The van der Waals surface area contributed by atoms with Gasteiger partial charge < -0.3 is 10.3 Å². The van der Waals surface area contributed by atoms with Crippen molar-refractivity contribution in [3.63, 3.8) is 0 Å². The SMILES string of the molecule is CCn1c(CN)cc(=O)n2nc(-c3ccc(Cl)cc3)cc12. The minimum absolute atomic E-state index is 0.171. The number of nitrogens with zero attached hydrogens (tertiary/aromatic N) is 3. The Hall–Kier alpha value is -2.11. The molecule has 2 heterocycles. The van der Waals surface area contributed by atoms with E-state index < -0.39 is 0 Å². The van der Waals surface area contributed by atoms with Gasteiger partial charge in [-0.05, 0) is 19.1 Å². The van der Waals surface area contributed by atoms with Crippen molar-refractivity contribution >= 4 is 17.2 Å². The van der Waals surface area contributed by atoms with Gasteiger partial charge in [-0.3, -0.25) is 4.79 Å². The van der Waals surface area contributed by atoms with Crippen molar-refractivity contribution in [3.05, 3.63) is 57.5 Å². The number of fused-ring (bicyclic) bond motifs is 1. The molecule has 3 aromatic rings. The van der Waals surface area contributed by atoms with Gasteiger partial charge in [-0.25, -0.2) is 0 Å². The molecule has 6 heteroatoms. The van der Waals surface area contributed by atoms with Crippen LogP contribution in [0.5, 0.6) is 0 Å². The zero-order valence-electron chi connectivity index (χ0n) is 11.6. The average Bonchev–Trinajstić information content (AvgIpc) is 2.93. The number of nitrogens with two attached hydrogens (primary N) is 1. The van der Waals surface area contributed by atoms with Gasteiger partial charge in [-0.1, -0.05) is 23.7 Å². The molecule has 0 unspecified atom stereocenters.